The van der Waals surface area contributed by atoms with E-state index in [2.05, 4.69) is 20.9 Å². The molecule has 0 radical (unpaired) electrons. The Hall–Kier alpha value is -1.66. The number of pyridine rings is 1. The molecule has 1 aromatic rings. The summed E-state index contributed by atoms with van der Waals surface area (Å²) < 4.78 is 5.01. The molecule has 1 aromatic heterocycles. The van der Waals surface area contributed by atoms with E-state index in [0.29, 0.717) is 19.1 Å². The number of amides is 2. The van der Waals surface area contributed by atoms with E-state index in [1.54, 1.807) is 13.3 Å². The molecule has 0 spiro atoms. The second-order valence-corrected chi connectivity index (χ2v) is 5.35. The summed E-state index contributed by atoms with van der Waals surface area (Å²) in [5, 5.41) is 9.11. The van der Waals surface area contributed by atoms with E-state index in [1.807, 2.05) is 12.1 Å². The van der Waals surface area contributed by atoms with Gasteiger partial charge in [-0.3, -0.25) is 4.98 Å². The van der Waals surface area contributed by atoms with Crippen molar-refractivity contribution in [3.05, 3.63) is 29.6 Å². The maximum absolute atomic E-state index is 11.8. The average Bonchev–Trinajstić information content (AvgIpc) is 2.53. The fraction of sp³-hybridized carbons (Fsp3) is 0.600. The fourth-order valence-corrected chi connectivity index (χ4v) is 2.36. The normalized spacial score (nSPS) is 15.7. The fourth-order valence-electron chi connectivity index (χ4n) is 2.36. The van der Waals surface area contributed by atoms with Gasteiger partial charge in [0.1, 0.15) is 0 Å². The molecule has 3 N–H and O–H groups in total. The minimum atomic E-state index is -0.116. The molecule has 0 unspecified atom stereocenters. The Labute approximate surface area is 125 Å². The number of piperidine rings is 1. The van der Waals surface area contributed by atoms with Crippen LogP contribution in [0.2, 0.25) is 0 Å². The van der Waals surface area contributed by atoms with Crippen LogP contribution in [0.4, 0.5) is 4.79 Å². The van der Waals surface area contributed by atoms with Crippen LogP contribution >= 0.6 is 0 Å². The van der Waals surface area contributed by atoms with Gasteiger partial charge in [-0.1, -0.05) is 6.07 Å². The number of nitrogens with one attached hydrogen (secondary N) is 3. The van der Waals surface area contributed by atoms with E-state index in [1.165, 1.54) is 0 Å². The van der Waals surface area contributed by atoms with Gasteiger partial charge in [-0.05, 0) is 43.5 Å². The first kappa shape index (κ1) is 15.7. The SMILES string of the molecule is COCc1ccc(CNC(=O)NCC2CCNCC2)cn1. The Kier molecular flexibility index (Phi) is 6.43. The smallest absolute Gasteiger partial charge is 0.315 e. The first-order valence-electron chi connectivity index (χ1n) is 7.43. The van der Waals surface area contributed by atoms with Crippen molar-refractivity contribution >= 4 is 6.03 Å². The molecule has 6 heteroatoms. The Morgan fingerprint density at radius 1 is 1.38 bits per heavy atom. The van der Waals surface area contributed by atoms with Gasteiger partial charge in [-0.25, -0.2) is 4.79 Å². The molecule has 2 rings (SSSR count). The highest BCUT2D eigenvalue weighted by atomic mass is 16.5. The van der Waals surface area contributed by atoms with Crippen molar-refractivity contribution in [3.8, 4) is 0 Å². The molecular weight excluding hydrogens is 268 g/mol. The summed E-state index contributed by atoms with van der Waals surface area (Å²) in [7, 11) is 1.64. The lowest BCUT2D eigenvalue weighted by Crippen LogP contribution is -2.40. The molecular formula is C15H24N4O2. The molecule has 0 aliphatic carbocycles. The van der Waals surface area contributed by atoms with Crippen molar-refractivity contribution in [2.45, 2.75) is 26.0 Å². The van der Waals surface area contributed by atoms with Crippen molar-refractivity contribution < 1.29 is 9.53 Å². The van der Waals surface area contributed by atoms with Crippen LogP contribution < -0.4 is 16.0 Å². The molecule has 6 nitrogen and oxygen atoms in total. The monoisotopic (exact) mass is 292 g/mol. The van der Waals surface area contributed by atoms with Gasteiger partial charge in [0.15, 0.2) is 0 Å². The number of methoxy groups -OCH3 is 1. The van der Waals surface area contributed by atoms with Crippen LogP contribution in [0.15, 0.2) is 18.3 Å². The molecule has 2 heterocycles. The van der Waals surface area contributed by atoms with E-state index in [0.717, 1.165) is 43.7 Å². The third kappa shape index (κ3) is 5.69. The Morgan fingerprint density at radius 2 is 2.19 bits per heavy atom. The maximum Gasteiger partial charge on any atom is 0.315 e. The van der Waals surface area contributed by atoms with Gasteiger partial charge in [-0.2, -0.15) is 0 Å². The molecule has 116 valence electrons. The molecule has 1 aliphatic rings. The van der Waals surface area contributed by atoms with E-state index in [-0.39, 0.29) is 6.03 Å². The average molecular weight is 292 g/mol. The van der Waals surface area contributed by atoms with Gasteiger partial charge in [0.2, 0.25) is 0 Å². The summed E-state index contributed by atoms with van der Waals surface area (Å²) >= 11 is 0. The van der Waals surface area contributed by atoms with Gasteiger partial charge in [0.05, 0.1) is 12.3 Å². The molecule has 1 saturated heterocycles. The maximum atomic E-state index is 11.8. The first-order valence-corrected chi connectivity index (χ1v) is 7.43. The van der Waals surface area contributed by atoms with Crippen LogP contribution in [-0.2, 0) is 17.9 Å². The number of aromatic nitrogens is 1. The van der Waals surface area contributed by atoms with Crippen molar-refractivity contribution in [2.75, 3.05) is 26.7 Å². The standard InChI is InChI=1S/C15H24N4O2/c1-21-11-14-3-2-13(9-17-14)10-19-15(20)18-8-12-4-6-16-7-5-12/h2-3,9,12,16H,4-8,10-11H2,1H3,(H2,18,19,20). The number of rotatable bonds is 6. The topological polar surface area (TPSA) is 75.3 Å². The number of ether oxygens (including phenoxy) is 1. The molecule has 0 bridgehead atoms. The van der Waals surface area contributed by atoms with E-state index in [4.69, 9.17) is 4.74 Å². The van der Waals surface area contributed by atoms with Crippen LogP contribution in [-0.4, -0.2) is 37.8 Å². The van der Waals surface area contributed by atoms with Crippen LogP contribution in [0.5, 0.6) is 0 Å². The highest BCUT2D eigenvalue weighted by molar-refractivity contribution is 5.73. The predicted molar refractivity (Wildman–Crippen MR) is 80.8 cm³/mol. The molecule has 1 aliphatic heterocycles. The molecule has 2 amide bonds. The van der Waals surface area contributed by atoms with Crippen LogP contribution in [0.25, 0.3) is 0 Å². The highest BCUT2D eigenvalue weighted by Gasteiger charge is 2.13. The second kappa shape index (κ2) is 8.59. The lowest BCUT2D eigenvalue weighted by molar-refractivity contribution is 0.181. The molecule has 21 heavy (non-hydrogen) atoms. The van der Waals surface area contributed by atoms with Gasteiger partial charge in [0, 0.05) is 26.4 Å². The van der Waals surface area contributed by atoms with E-state index >= 15 is 0 Å². The predicted octanol–water partition coefficient (Wildman–Crippen LogP) is 1.03. The van der Waals surface area contributed by atoms with Gasteiger partial charge in [-0.15, -0.1) is 0 Å². The summed E-state index contributed by atoms with van der Waals surface area (Å²) in [6, 6.07) is 3.75. The number of nitrogens with zero attached hydrogens (tertiary/aromatic N) is 1. The van der Waals surface area contributed by atoms with Crippen LogP contribution in [0.3, 0.4) is 0 Å². The van der Waals surface area contributed by atoms with E-state index in [9.17, 15) is 4.79 Å². The summed E-state index contributed by atoms with van der Waals surface area (Å²) in [5.41, 5.74) is 1.86. The zero-order valence-electron chi connectivity index (χ0n) is 12.5. The molecule has 0 atom stereocenters. The van der Waals surface area contributed by atoms with Crippen molar-refractivity contribution in [2.24, 2.45) is 5.92 Å². The lowest BCUT2D eigenvalue weighted by atomic mass is 9.98. The minimum Gasteiger partial charge on any atom is -0.378 e. The third-order valence-corrected chi connectivity index (χ3v) is 3.64. The highest BCUT2D eigenvalue weighted by Crippen LogP contribution is 2.09. The van der Waals surface area contributed by atoms with Gasteiger partial charge >= 0.3 is 6.03 Å². The Bertz CT molecular complexity index is 430. The summed E-state index contributed by atoms with van der Waals surface area (Å²) in [4.78, 5) is 16.0. The van der Waals surface area contributed by atoms with Gasteiger partial charge < -0.3 is 20.7 Å². The number of urea groups is 1. The quantitative estimate of drug-likeness (QED) is 0.732. The Balaban J connectivity index is 1.65. The number of carbonyl (C=O) groups excluding carboxylic acids is 1. The zero-order chi connectivity index (χ0) is 14.9. The number of hydrogen-bond acceptors (Lipinski definition) is 4. The van der Waals surface area contributed by atoms with Crippen molar-refractivity contribution in [1.29, 1.82) is 0 Å². The molecule has 0 aromatic carbocycles. The lowest BCUT2D eigenvalue weighted by Gasteiger charge is -2.22. The van der Waals surface area contributed by atoms with Gasteiger partial charge in [0.25, 0.3) is 0 Å². The Morgan fingerprint density at radius 3 is 2.86 bits per heavy atom. The number of carbonyl (C=O) groups is 1. The third-order valence-electron chi connectivity index (χ3n) is 3.64. The summed E-state index contributed by atoms with van der Waals surface area (Å²) in [5.74, 6) is 0.590. The second-order valence-electron chi connectivity index (χ2n) is 5.35. The minimum absolute atomic E-state index is 0.116. The van der Waals surface area contributed by atoms with Crippen LogP contribution in [0, 0.1) is 5.92 Å². The zero-order valence-corrected chi connectivity index (χ0v) is 12.5. The largest absolute Gasteiger partial charge is 0.378 e. The molecule has 1 fully saturated rings. The summed E-state index contributed by atoms with van der Waals surface area (Å²) in [6.45, 7) is 3.84. The summed E-state index contributed by atoms with van der Waals surface area (Å²) in [6.07, 6.45) is 4.03. The van der Waals surface area contributed by atoms with Crippen LogP contribution in [0.1, 0.15) is 24.1 Å². The van der Waals surface area contributed by atoms with E-state index < -0.39 is 0 Å². The number of hydrogen-bond donors (Lipinski definition) is 3. The first-order chi connectivity index (χ1) is 10.3. The van der Waals surface area contributed by atoms with Crippen molar-refractivity contribution in [3.63, 3.8) is 0 Å². The van der Waals surface area contributed by atoms with Crippen molar-refractivity contribution in [1.82, 2.24) is 20.9 Å². The molecule has 0 saturated carbocycles.